The molecular weight excluding hydrogens is 751 g/mol. The molecule has 0 spiro atoms. The van der Waals surface area contributed by atoms with Crippen LogP contribution in [-0.2, 0) is 37.1 Å². The highest BCUT2D eigenvalue weighted by molar-refractivity contribution is 5.42. The third-order valence-electron chi connectivity index (χ3n) is 17.3. The second kappa shape index (κ2) is 14.0. The molecule has 0 bridgehead atoms. The Morgan fingerprint density at radius 2 is 1.27 bits per heavy atom. The van der Waals surface area contributed by atoms with E-state index in [0.717, 1.165) is 93.5 Å². The van der Waals surface area contributed by atoms with Gasteiger partial charge < -0.3 is 19.7 Å². The minimum atomic E-state index is -1.02. The van der Waals surface area contributed by atoms with Crippen molar-refractivity contribution >= 4 is 0 Å². The number of ether oxygens (including phenoxy) is 2. The Hall–Kier alpha value is -4.61. The maximum absolute atomic E-state index is 12.5. The molecule has 3 heterocycles. The molecule has 11 nitrogen and oxygen atoms in total. The lowest BCUT2D eigenvalue weighted by atomic mass is 9.53. The molecule has 11 heteroatoms. The van der Waals surface area contributed by atoms with Gasteiger partial charge in [0.05, 0.1) is 51.1 Å². The maximum Gasteiger partial charge on any atom is 0.119 e. The number of fused-ring (bicyclic) bond motifs is 10. The van der Waals surface area contributed by atoms with Gasteiger partial charge in [0, 0.05) is 5.41 Å². The van der Waals surface area contributed by atoms with E-state index >= 15 is 0 Å². The molecule has 4 saturated carbocycles. The van der Waals surface area contributed by atoms with Gasteiger partial charge in [-0.1, -0.05) is 42.5 Å². The number of pyridine rings is 1. The second-order valence-electron chi connectivity index (χ2n) is 20.1. The van der Waals surface area contributed by atoms with Crippen LogP contribution in [0.15, 0.2) is 67.0 Å². The summed E-state index contributed by atoms with van der Waals surface area (Å²) in [5.74, 6) is 4.94. The third kappa shape index (κ3) is 5.92. The van der Waals surface area contributed by atoms with E-state index in [1.165, 1.54) is 22.3 Å². The molecule has 314 valence electrons. The fourth-order valence-corrected chi connectivity index (χ4v) is 14.3. The zero-order chi connectivity index (χ0) is 41.0. The normalized spacial score (nSPS) is 35.1. The molecule has 2 N–H and O–H groups in total. The van der Waals surface area contributed by atoms with E-state index in [1.54, 1.807) is 14.2 Å². The van der Waals surface area contributed by atoms with E-state index < -0.39 is 11.2 Å². The molecule has 10 atom stereocenters. The Bertz CT molecular complexity index is 2450. The van der Waals surface area contributed by atoms with Crippen molar-refractivity contribution in [3.05, 3.63) is 112 Å². The first-order valence-corrected chi connectivity index (χ1v) is 22.5. The Kier molecular flexibility index (Phi) is 8.92. The number of hydrogen-bond donors (Lipinski definition) is 2. The van der Waals surface area contributed by atoms with Crippen LogP contribution in [0.25, 0.3) is 0 Å². The summed E-state index contributed by atoms with van der Waals surface area (Å²) in [5, 5.41) is 43.1. The molecule has 6 aliphatic carbocycles. The number of benzene rings is 2. The van der Waals surface area contributed by atoms with E-state index in [0.29, 0.717) is 66.4 Å². The van der Waals surface area contributed by atoms with Gasteiger partial charge in [0.2, 0.25) is 0 Å². The summed E-state index contributed by atoms with van der Waals surface area (Å²) in [6.07, 6.45) is 15.8. The number of hydrogen-bond acceptors (Lipinski definition) is 9. The Morgan fingerprint density at radius 3 is 1.90 bits per heavy atom. The zero-order valence-electron chi connectivity index (χ0n) is 35.6. The van der Waals surface area contributed by atoms with E-state index in [4.69, 9.17) is 14.5 Å². The predicted molar refractivity (Wildman–Crippen MR) is 226 cm³/mol. The Morgan fingerprint density at radius 1 is 0.683 bits per heavy atom. The van der Waals surface area contributed by atoms with Gasteiger partial charge in [-0.25, -0.2) is 9.36 Å². The summed E-state index contributed by atoms with van der Waals surface area (Å²) < 4.78 is 14.7. The van der Waals surface area contributed by atoms with Crippen LogP contribution in [-0.4, -0.2) is 59.4 Å². The van der Waals surface area contributed by atoms with Crippen LogP contribution in [0.1, 0.15) is 135 Å². The summed E-state index contributed by atoms with van der Waals surface area (Å²) in [7, 11) is 3.49. The largest absolute Gasteiger partial charge is 0.497 e. The van der Waals surface area contributed by atoms with Gasteiger partial charge in [-0.05, 0) is 177 Å². The molecule has 6 aliphatic rings. The highest BCUT2D eigenvalue weighted by Crippen LogP contribution is 2.67. The van der Waals surface area contributed by atoms with Crippen LogP contribution in [0.5, 0.6) is 11.5 Å². The summed E-state index contributed by atoms with van der Waals surface area (Å²) in [6.45, 7) is 5.61. The van der Waals surface area contributed by atoms with Crippen molar-refractivity contribution in [2.24, 2.45) is 34.5 Å². The van der Waals surface area contributed by atoms with Crippen molar-refractivity contribution in [1.29, 1.82) is 0 Å². The highest BCUT2D eigenvalue weighted by Gasteiger charge is 2.63. The van der Waals surface area contributed by atoms with Crippen LogP contribution >= 0.6 is 0 Å². The average molecular weight is 810 g/mol. The van der Waals surface area contributed by atoms with Crippen molar-refractivity contribution in [2.75, 3.05) is 14.2 Å². The van der Waals surface area contributed by atoms with Gasteiger partial charge in [0.25, 0.3) is 0 Å². The molecule has 11 rings (SSSR count). The fraction of sp³-hybridized carbons (Fsp3) is 0.571. The van der Waals surface area contributed by atoms with E-state index in [2.05, 4.69) is 70.9 Å². The SMILES string of the molecule is COc1ccc2c(c1)CCC1[C@@H]2CCC2(C)[C@H]1CC[C@@]2(O)c1cn(Cc2cccc(Cn3cc([C@]4(O)C[C@H]5[C@@H]6CCc7cc(OC)ccc7[C@H]6CC[C@]5(C)C4)nn3)n2)nn1. The van der Waals surface area contributed by atoms with Crippen LogP contribution in [0, 0.1) is 34.5 Å². The first kappa shape index (κ1) is 38.3. The molecule has 3 aromatic heterocycles. The lowest BCUT2D eigenvalue weighted by molar-refractivity contribution is -0.111. The number of aryl methyl sites for hydroxylation is 2. The van der Waals surface area contributed by atoms with Gasteiger partial charge in [0.1, 0.15) is 34.1 Å². The Labute approximate surface area is 352 Å². The summed E-state index contributed by atoms with van der Waals surface area (Å²) in [4.78, 5) is 4.99. The number of methoxy groups -OCH3 is 2. The molecular formula is C49H59N7O4. The van der Waals surface area contributed by atoms with Crippen LogP contribution in [0.3, 0.4) is 0 Å². The molecule has 5 aromatic rings. The summed E-state index contributed by atoms with van der Waals surface area (Å²) in [6, 6.07) is 19.3. The van der Waals surface area contributed by atoms with Crippen molar-refractivity contribution in [3.8, 4) is 11.5 Å². The molecule has 0 radical (unpaired) electrons. The summed E-state index contributed by atoms with van der Waals surface area (Å²) in [5.41, 5.74) is 6.71. The predicted octanol–water partition coefficient (Wildman–Crippen LogP) is 7.87. The standard InChI is InChI=1S/C49H59N7O4/c1-46-19-16-38-36-14-10-34(59-3)23-31(36)9-13-41(38)43(46)24-48(57,29-46)44-27-55(53-51-44)25-32-6-5-7-33(50-32)26-56-28-45(52-54-56)49(58)21-18-42-40-12-8-30-22-35(60-4)11-15-37(30)39(40)17-20-47(42,49)2/h5-7,10-11,14-15,22-23,27-28,38-43,57-58H,8-9,12-13,16-21,24-26,29H2,1-4H3/t38-,39-,40?,41-,42+,43+,46-,47?,48+,49-/m1/s1. The summed E-state index contributed by atoms with van der Waals surface area (Å²) >= 11 is 0. The number of aliphatic hydroxyl groups is 2. The van der Waals surface area contributed by atoms with Crippen molar-refractivity contribution in [3.63, 3.8) is 0 Å². The molecule has 0 amide bonds. The molecule has 0 saturated heterocycles. The minimum absolute atomic E-state index is 0.0743. The van der Waals surface area contributed by atoms with Crippen LogP contribution in [0.4, 0.5) is 0 Å². The zero-order valence-corrected chi connectivity index (χ0v) is 35.6. The monoisotopic (exact) mass is 809 g/mol. The molecule has 2 unspecified atom stereocenters. The highest BCUT2D eigenvalue weighted by atomic mass is 16.5. The quantitative estimate of drug-likeness (QED) is 0.161. The van der Waals surface area contributed by atoms with Crippen molar-refractivity contribution in [1.82, 2.24) is 35.0 Å². The molecule has 60 heavy (non-hydrogen) atoms. The third-order valence-corrected chi connectivity index (χ3v) is 17.3. The topological polar surface area (TPSA) is 133 Å². The fourth-order valence-electron chi connectivity index (χ4n) is 14.3. The number of nitrogens with zero attached hydrogens (tertiary/aromatic N) is 7. The first-order chi connectivity index (χ1) is 29.0. The second-order valence-corrected chi connectivity index (χ2v) is 20.1. The average Bonchev–Trinajstić information content (AvgIpc) is 4.05. The maximum atomic E-state index is 12.5. The molecule has 0 aliphatic heterocycles. The van der Waals surface area contributed by atoms with Crippen LogP contribution < -0.4 is 9.47 Å². The van der Waals surface area contributed by atoms with Gasteiger partial charge in [0.15, 0.2) is 0 Å². The lowest BCUT2D eigenvalue weighted by Gasteiger charge is -2.52. The van der Waals surface area contributed by atoms with Crippen LogP contribution in [0.2, 0.25) is 0 Å². The van der Waals surface area contributed by atoms with E-state index in [-0.39, 0.29) is 10.8 Å². The smallest absolute Gasteiger partial charge is 0.119 e. The van der Waals surface area contributed by atoms with E-state index in [1.807, 2.05) is 40.0 Å². The van der Waals surface area contributed by atoms with Crippen molar-refractivity contribution < 1.29 is 19.7 Å². The van der Waals surface area contributed by atoms with E-state index in [9.17, 15) is 10.2 Å². The molecule has 2 aromatic carbocycles. The lowest BCUT2D eigenvalue weighted by Crippen LogP contribution is -2.49. The Balaban J connectivity index is 0.757. The molecule has 4 fully saturated rings. The van der Waals surface area contributed by atoms with Gasteiger partial charge in [-0.2, -0.15) is 0 Å². The number of aromatic nitrogens is 7. The van der Waals surface area contributed by atoms with Gasteiger partial charge in [-0.15, -0.1) is 10.2 Å². The number of rotatable bonds is 8. The van der Waals surface area contributed by atoms with Crippen molar-refractivity contribution in [2.45, 2.75) is 127 Å². The minimum Gasteiger partial charge on any atom is -0.497 e. The first-order valence-electron chi connectivity index (χ1n) is 22.5. The van der Waals surface area contributed by atoms with Gasteiger partial charge >= 0.3 is 0 Å². The van der Waals surface area contributed by atoms with Gasteiger partial charge in [-0.3, -0.25) is 4.98 Å².